The minimum atomic E-state index is -1.10. The van der Waals surface area contributed by atoms with Crippen molar-refractivity contribution in [1.82, 2.24) is 4.98 Å². The van der Waals surface area contributed by atoms with Gasteiger partial charge in [-0.15, -0.1) is 0 Å². The van der Waals surface area contributed by atoms with Gasteiger partial charge in [0.25, 0.3) is 0 Å². The van der Waals surface area contributed by atoms with Crippen molar-refractivity contribution in [1.29, 1.82) is 0 Å². The Hall–Kier alpha value is -1.63. The molecule has 2 N–H and O–H groups in total. The number of halogens is 2. The number of carbonyl (C=O) groups is 1. The number of pyridine rings is 1. The molecule has 1 fully saturated rings. The predicted octanol–water partition coefficient (Wildman–Crippen LogP) is 3.51. The summed E-state index contributed by atoms with van der Waals surface area (Å²) in [6.45, 7) is 0.397. The number of aromatic nitrogens is 1. The van der Waals surface area contributed by atoms with Crippen LogP contribution in [-0.2, 0) is 0 Å². The lowest BCUT2D eigenvalue weighted by Crippen LogP contribution is -2.25. The van der Waals surface area contributed by atoms with Gasteiger partial charge in [0.2, 0.25) is 0 Å². The third-order valence-electron chi connectivity index (χ3n) is 3.90. The first kappa shape index (κ1) is 16.2. The Bertz CT molecular complexity index is 739. The summed E-state index contributed by atoms with van der Waals surface area (Å²) in [5, 5.41) is 19.4. The predicted molar refractivity (Wildman–Crippen MR) is 91.1 cm³/mol. The Morgan fingerprint density at radius 1 is 1.35 bits per heavy atom. The highest BCUT2D eigenvalue weighted by Gasteiger charge is 2.33. The smallest absolute Gasteiger partial charge is 0.337 e. The zero-order chi connectivity index (χ0) is 16.6. The van der Waals surface area contributed by atoms with Gasteiger partial charge >= 0.3 is 5.97 Å². The fourth-order valence-electron chi connectivity index (χ4n) is 2.82. The number of benzene rings is 1. The zero-order valence-corrected chi connectivity index (χ0v) is 14.3. The van der Waals surface area contributed by atoms with Gasteiger partial charge in [-0.25, -0.2) is 9.78 Å². The molecule has 1 aromatic carbocycles. The lowest BCUT2D eigenvalue weighted by Gasteiger charge is -2.26. The van der Waals surface area contributed by atoms with Gasteiger partial charge in [-0.3, -0.25) is 0 Å². The van der Waals surface area contributed by atoms with Gasteiger partial charge in [-0.2, -0.15) is 0 Å². The third-order valence-corrected chi connectivity index (χ3v) is 4.73. The Morgan fingerprint density at radius 2 is 2.04 bits per heavy atom. The molecule has 0 aliphatic carbocycles. The normalized spacial score (nSPS) is 20.7. The van der Waals surface area contributed by atoms with Gasteiger partial charge in [0.1, 0.15) is 5.82 Å². The molecule has 0 bridgehead atoms. The second-order valence-corrected chi connectivity index (χ2v) is 6.76. The molecule has 0 radical (unpaired) electrons. The second-order valence-electron chi connectivity index (χ2n) is 5.44. The van der Waals surface area contributed by atoms with Crippen LogP contribution in [0.25, 0.3) is 0 Å². The van der Waals surface area contributed by atoms with Crippen LogP contribution in [0.1, 0.15) is 28.4 Å². The van der Waals surface area contributed by atoms with Crippen LogP contribution in [0.3, 0.4) is 0 Å². The maximum atomic E-state index is 11.3. The average molecular weight is 398 g/mol. The van der Waals surface area contributed by atoms with Crippen molar-refractivity contribution < 1.29 is 15.0 Å². The van der Waals surface area contributed by atoms with Crippen molar-refractivity contribution in [3.8, 4) is 0 Å². The number of hydrogen-bond donors (Lipinski definition) is 2. The van der Waals surface area contributed by atoms with Gasteiger partial charge < -0.3 is 15.1 Å². The van der Waals surface area contributed by atoms with Crippen LogP contribution >= 0.6 is 27.5 Å². The van der Waals surface area contributed by atoms with Crippen LogP contribution in [-0.4, -0.2) is 33.8 Å². The molecule has 0 spiro atoms. The SMILES string of the molecule is O=C(O)c1cc(N2CC(O)CC2c2ccc(Br)cc2)ncc1Cl. The van der Waals surface area contributed by atoms with Crippen LogP contribution in [0.5, 0.6) is 0 Å². The number of hydrogen-bond acceptors (Lipinski definition) is 4. The number of aliphatic hydroxyl groups excluding tert-OH is 1. The van der Waals surface area contributed by atoms with E-state index in [9.17, 15) is 15.0 Å². The molecule has 0 amide bonds. The number of anilines is 1. The van der Waals surface area contributed by atoms with Gasteiger partial charge in [0.05, 0.1) is 22.7 Å². The summed E-state index contributed by atoms with van der Waals surface area (Å²) in [5.74, 6) is -0.602. The molecule has 3 rings (SSSR count). The molecule has 23 heavy (non-hydrogen) atoms. The van der Waals surface area contributed by atoms with Crippen molar-refractivity contribution in [3.63, 3.8) is 0 Å². The molecule has 120 valence electrons. The molecule has 1 aromatic heterocycles. The van der Waals surface area contributed by atoms with Gasteiger partial charge in [-0.1, -0.05) is 39.7 Å². The summed E-state index contributed by atoms with van der Waals surface area (Å²) < 4.78 is 0.976. The molecule has 1 aliphatic rings. The number of β-amino-alcohol motifs (C(OH)–C–C–N with tert-alkyl or cyclic N) is 1. The van der Waals surface area contributed by atoms with E-state index < -0.39 is 12.1 Å². The third kappa shape index (κ3) is 3.34. The lowest BCUT2D eigenvalue weighted by atomic mass is 10.0. The summed E-state index contributed by atoms with van der Waals surface area (Å²) in [5.41, 5.74) is 1.05. The van der Waals surface area contributed by atoms with E-state index >= 15 is 0 Å². The highest BCUT2D eigenvalue weighted by Crippen LogP contribution is 2.36. The average Bonchev–Trinajstić information content (AvgIpc) is 2.90. The molecule has 2 aromatic rings. The Morgan fingerprint density at radius 3 is 2.70 bits per heavy atom. The van der Waals surface area contributed by atoms with E-state index in [1.54, 1.807) is 0 Å². The minimum absolute atomic E-state index is 0.00705. The van der Waals surface area contributed by atoms with Crippen molar-refractivity contribution >= 4 is 39.3 Å². The first-order valence-corrected chi connectivity index (χ1v) is 8.22. The standard InChI is InChI=1S/C16H14BrClN2O3/c17-10-3-1-9(2-4-10)14-5-11(21)8-20(14)15-6-12(16(22)23)13(18)7-19-15/h1-4,6-7,11,14,21H,5,8H2,(H,22,23). The fraction of sp³-hybridized carbons (Fsp3) is 0.250. The molecule has 2 heterocycles. The molecule has 2 unspecified atom stereocenters. The Kier molecular flexibility index (Phi) is 4.57. The summed E-state index contributed by atoms with van der Waals surface area (Å²) in [7, 11) is 0. The van der Waals surface area contributed by atoms with E-state index in [-0.39, 0.29) is 16.6 Å². The van der Waals surface area contributed by atoms with Crippen LogP contribution < -0.4 is 4.90 Å². The van der Waals surface area contributed by atoms with Gasteiger partial charge in [-0.05, 0) is 30.2 Å². The lowest BCUT2D eigenvalue weighted by molar-refractivity contribution is 0.0697. The van der Waals surface area contributed by atoms with E-state index in [1.807, 2.05) is 29.2 Å². The first-order chi connectivity index (χ1) is 11.0. The van der Waals surface area contributed by atoms with Crippen LogP contribution in [0.2, 0.25) is 5.02 Å². The van der Waals surface area contributed by atoms with Crippen molar-refractivity contribution in [2.45, 2.75) is 18.6 Å². The summed E-state index contributed by atoms with van der Waals surface area (Å²) >= 11 is 9.29. The topological polar surface area (TPSA) is 73.7 Å². The number of rotatable bonds is 3. The van der Waals surface area contributed by atoms with Crippen LogP contribution in [0.15, 0.2) is 41.0 Å². The number of carboxylic acid groups (broad SMARTS) is 1. The van der Waals surface area contributed by atoms with E-state index in [2.05, 4.69) is 20.9 Å². The van der Waals surface area contributed by atoms with Crippen molar-refractivity contribution in [3.05, 3.63) is 57.2 Å². The zero-order valence-electron chi connectivity index (χ0n) is 12.0. The summed E-state index contributed by atoms with van der Waals surface area (Å²) in [4.78, 5) is 17.4. The highest BCUT2D eigenvalue weighted by molar-refractivity contribution is 9.10. The van der Waals surface area contributed by atoms with Crippen molar-refractivity contribution in [2.24, 2.45) is 0 Å². The first-order valence-electron chi connectivity index (χ1n) is 7.04. The Balaban J connectivity index is 1.98. The molecular formula is C16H14BrClN2O3. The molecule has 1 saturated heterocycles. The number of aliphatic hydroxyl groups is 1. The highest BCUT2D eigenvalue weighted by atomic mass is 79.9. The van der Waals surface area contributed by atoms with Crippen molar-refractivity contribution in [2.75, 3.05) is 11.4 Å². The maximum Gasteiger partial charge on any atom is 0.337 e. The number of aromatic carboxylic acids is 1. The van der Waals surface area contributed by atoms with Crippen LogP contribution in [0, 0.1) is 0 Å². The van der Waals surface area contributed by atoms with E-state index in [1.165, 1.54) is 12.3 Å². The molecule has 5 nitrogen and oxygen atoms in total. The second kappa shape index (κ2) is 6.47. The number of nitrogens with zero attached hydrogens (tertiary/aromatic N) is 2. The summed E-state index contributed by atoms with van der Waals surface area (Å²) in [6, 6.07) is 9.23. The van der Waals surface area contributed by atoms with E-state index in [4.69, 9.17) is 11.6 Å². The van der Waals surface area contributed by atoms with Gasteiger partial charge in [0, 0.05) is 17.2 Å². The largest absolute Gasteiger partial charge is 0.478 e. The molecule has 0 saturated carbocycles. The Labute approximate surface area is 146 Å². The minimum Gasteiger partial charge on any atom is -0.478 e. The monoisotopic (exact) mass is 396 g/mol. The van der Waals surface area contributed by atoms with E-state index in [0.29, 0.717) is 18.8 Å². The molecule has 1 aliphatic heterocycles. The summed E-state index contributed by atoms with van der Waals surface area (Å²) in [6.07, 6.45) is 1.41. The van der Waals surface area contributed by atoms with Crippen LogP contribution in [0.4, 0.5) is 5.82 Å². The van der Waals surface area contributed by atoms with Gasteiger partial charge in [0.15, 0.2) is 0 Å². The molecular weight excluding hydrogens is 384 g/mol. The molecule has 2 atom stereocenters. The molecule has 7 heteroatoms. The number of carboxylic acids is 1. The fourth-order valence-corrected chi connectivity index (χ4v) is 3.27. The maximum absolute atomic E-state index is 11.3. The van der Waals surface area contributed by atoms with E-state index in [0.717, 1.165) is 10.0 Å². The quantitative estimate of drug-likeness (QED) is 0.829.